The zero-order chi connectivity index (χ0) is 14.2. The van der Waals surface area contributed by atoms with E-state index in [4.69, 9.17) is 4.99 Å². The highest BCUT2D eigenvalue weighted by molar-refractivity contribution is 8.14. The molecule has 2 nitrogen and oxygen atoms in total. The Hall–Kier alpha value is -0.180. The zero-order valence-corrected chi connectivity index (χ0v) is 14.1. The van der Waals surface area contributed by atoms with Crippen molar-refractivity contribution in [2.75, 3.05) is 5.75 Å². The molecule has 3 atom stereocenters. The number of nitrogens with zero attached hydrogens (tertiary/aromatic N) is 1. The van der Waals surface area contributed by atoms with E-state index in [2.05, 4.69) is 26.1 Å². The Morgan fingerprint density at radius 3 is 2.60 bits per heavy atom. The molecule has 2 saturated carbocycles. The van der Waals surface area contributed by atoms with E-state index >= 15 is 0 Å². The van der Waals surface area contributed by atoms with Crippen molar-refractivity contribution in [1.82, 2.24) is 5.32 Å². The van der Waals surface area contributed by atoms with Crippen LogP contribution in [0.3, 0.4) is 0 Å². The summed E-state index contributed by atoms with van der Waals surface area (Å²) >= 11 is 1.98. The molecular formula is C17H30N2S. The van der Waals surface area contributed by atoms with E-state index in [1.807, 2.05) is 11.8 Å². The summed E-state index contributed by atoms with van der Waals surface area (Å²) in [5.74, 6) is 3.76. The molecule has 1 heterocycles. The lowest BCUT2D eigenvalue weighted by Crippen LogP contribution is -2.46. The highest BCUT2D eigenvalue weighted by atomic mass is 32.2. The molecule has 1 N–H and O–H groups in total. The van der Waals surface area contributed by atoms with Crippen LogP contribution < -0.4 is 5.32 Å². The van der Waals surface area contributed by atoms with E-state index in [-0.39, 0.29) is 0 Å². The fraction of sp³-hybridized carbons (Fsp3) is 0.941. The summed E-state index contributed by atoms with van der Waals surface area (Å²) in [5, 5.41) is 5.08. The van der Waals surface area contributed by atoms with Gasteiger partial charge in [0.05, 0.1) is 6.04 Å². The van der Waals surface area contributed by atoms with Crippen molar-refractivity contribution in [3.8, 4) is 0 Å². The van der Waals surface area contributed by atoms with Gasteiger partial charge in [-0.1, -0.05) is 45.4 Å². The van der Waals surface area contributed by atoms with Gasteiger partial charge >= 0.3 is 0 Å². The van der Waals surface area contributed by atoms with Crippen molar-refractivity contribution in [3.05, 3.63) is 0 Å². The van der Waals surface area contributed by atoms with E-state index in [0.29, 0.717) is 11.6 Å². The molecule has 0 aromatic heterocycles. The fourth-order valence-electron chi connectivity index (χ4n) is 4.05. The minimum Gasteiger partial charge on any atom is -0.359 e. The molecule has 1 aliphatic heterocycles. The van der Waals surface area contributed by atoms with Gasteiger partial charge in [-0.05, 0) is 49.9 Å². The lowest BCUT2D eigenvalue weighted by Gasteiger charge is -2.36. The Morgan fingerprint density at radius 2 is 1.85 bits per heavy atom. The van der Waals surface area contributed by atoms with Gasteiger partial charge in [-0.25, -0.2) is 0 Å². The molecular weight excluding hydrogens is 264 g/mol. The zero-order valence-electron chi connectivity index (χ0n) is 13.3. The number of hydrogen-bond donors (Lipinski definition) is 1. The summed E-state index contributed by atoms with van der Waals surface area (Å²) in [7, 11) is 0. The number of rotatable bonds is 1. The first-order valence-corrected chi connectivity index (χ1v) is 9.55. The molecule has 114 valence electrons. The third-order valence-electron chi connectivity index (χ3n) is 6.04. The molecule has 0 aromatic carbocycles. The standard InChI is InChI=1S/C17H30N2S/c1-12-7-9-17(10-8-12)11-20-16(19-17)18-15-6-4-5-13(2)14(15)3/h12-15H,4-11H2,1-3H3,(H,18,19). The molecule has 3 aliphatic rings. The predicted molar refractivity (Wildman–Crippen MR) is 89.4 cm³/mol. The first-order valence-electron chi connectivity index (χ1n) is 8.57. The molecule has 3 fully saturated rings. The Kier molecular flexibility index (Phi) is 4.35. The summed E-state index contributed by atoms with van der Waals surface area (Å²) in [6, 6.07) is 0.561. The molecule has 3 unspecified atom stereocenters. The maximum atomic E-state index is 5.10. The molecule has 0 amide bonds. The van der Waals surface area contributed by atoms with E-state index in [1.54, 1.807) is 0 Å². The van der Waals surface area contributed by atoms with Gasteiger partial charge in [0.1, 0.15) is 0 Å². The maximum Gasteiger partial charge on any atom is 0.157 e. The maximum absolute atomic E-state index is 5.10. The molecule has 1 saturated heterocycles. The SMILES string of the molecule is CC1CCC2(CC1)CSC(=NC1CCCC(C)C1C)N2. The van der Waals surface area contributed by atoms with Gasteiger partial charge in [0, 0.05) is 11.3 Å². The lowest BCUT2D eigenvalue weighted by molar-refractivity contribution is 0.237. The molecule has 3 rings (SSSR count). The monoisotopic (exact) mass is 294 g/mol. The van der Waals surface area contributed by atoms with Gasteiger partial charge in [-0.3, -0.25) is 4.99 Å². The average molecular weight is 295 g/mol. The van der Waals surface area contributed by atoms with Gasteiger partial charge in [0.2, 0.25) is 0 Å². The Balaban J connectivity index is 1.63. The van der Waals surface area contributed by atoms with Crippen LogP contribution in [-0.2, 0) is 0 Å². The fourth-order valence-corrected chi connectivity index (χ4v) is 5.32. The average Bonchev–Trinajstić information content (AvgIpc) is 2.82. The van der Waals surface area contributed by atoms with E-state index in [0.717, 1.165) is 17.8 Å². The van der Waals surface area contributed by atoms with Crippen LogP contribution in [0.4, 0.5) is 0 Å². The number of amidine groups is 1. The highest BCUT2D eigenvalue weighted by Gasteiger charge is 2.40. The van der Waals surface area contributed by atoms with Crippen LogP contribution in [0.15, 0.2) is 4.99 Å². The second-order valence-corrected chi connectivity index (χ2v) is 8.61. The number of aliphatic imine (C=N–C) groups is 1. The molecule has 3 heteroatoms. The van der Waals surface area contributed by atoms with Crippen molar-refractivity contribution >= 4 is 16.9 Å². The molecule has 0 radical (unpaired) electrons. The van der Waals surface area contributed by atoms with Gasteiger partial charge in [-0.15, -0.1) is 0 Å². The third-order valence-corrected chi connectivity index (χ3v) is 7.21. The molecule has 0 aromatic rings. The van der Waals surface area contributed by atoms with Crippen LogP contribution in [-0.4, -0.2) is 22.5 Å². The number of nitrogens with one attached hydrogen (secondary N) is 1. The molecule has 20 heavy (non-hydrogen) atoms. The van der Waals surface area contributed by atoms with Crippen LogP contribution >= 0.6 is 11.8 Å². The first-order chi connectivity index (χ1) is 9.58. The van der Waals surface area contributed by atoms with Crippen LogP contribution in [0.1, 0.15) is 65.7 Å². The van der Waals surface area contributed by atoms with Crippen LogP contribution in [0.25, 0.3) is 0 Å². The van der Waals surface area contributed by atoms with Crippen LogP contribution in [0.5, 0.6) is 0 Å². The first kappa shape index (κ1) is 14.7. The summed E-state index contributed by atoms with van der Waals surface area (Å²) in [6.07, 6.45) is 9.51. The summed E-state index contributed by atoms with van der Waals surface area (Å²) < 4.78 is 0. The summed E-state index contributed by atoms with van der Waals surface area (Å²) in [4.78, 5) is 5.10. The largest absolute Gasteiger partial charge is 0.359 e. The Bertz CT molecular complexity index is 371. The smallest absolute Gasteiger partial charge is 0.157 e. The quantitative estimate of drug-likeness (QED) is 0.772. The van der Waals surface area contributed by atoms with Crippen LogP contribution in [0.2, 0.25) is 0 Å². The van der Waals surface area contributed by atoms with E-state index in [1.165, 1.54) is 55.9 Å². The van der Waals surface area contributed by atoms with Crippen molar-refractivity contribution in [3.63, 3.8) is 0 Å². The summed E-state index contributed by atoms with van der Waals surface area (Å²) in [5.41, 5.74) is 0.388. The van der Waals surface area contributed by atoms with Gasteiger partial charge in [0.25, 0.3) is 0 Å². The van der Waals surface area contributed by atoms with E-state index < -0.39 is 0 Å². The Morgan fingerprint density at radius 1 is 1.10 bits per heavy atom. The van der Waals surface area contributed by atoms with Gasteiger partial charge in [-0.2, -0.15) is 0 Å². The van der Waals surface area contributed by atoms with Crippen molar-refractivity contribution < 1.29 is 0 Å². The summed E-state index contributed by atoms with van der Waals surface area (Å²) in [6.45, 7) is 7.20. The topological polar surface area (TPSA) is 24.4 Å². The van der Waals surface area contributed by atoms with Gasteiger partial charge < -0.3 is 5.32 Å². The molecule has 2 aliphatic carbocycles. The third kappa shape index (κ3) is 3.03. The highest BCUT2D eigenvalue weighted by Crippen LogP contribution is 2.39. The van der Waals surface area contributed by atoms with Crippen LogP contribution in [0, 0.1) is 17.8 Å². The normalized spacial score (nSPS) is 47.6. The number of hydrogen-bond acceptors (Lipinski definition) is 2. The van der Waals surface area contributed by atoms with E-state index in [9.17, 15) is 0 Å². The molecule has 0 bridgehead atoms. The van der Waals surface area contributed by atoms with Crippen molar-refractivity contribution in [1.29, 1.82) is 0 Å². The second kappa shape index (κ2) is 5.90. The minimum absolute atomic E-state index is 0.388. The van der Waals surface area contributed by atoms with Crippen molar-refractivity contribution in [2.45, 2.75) is 77.3 Å². The molecule has 1 spiro atoms. The minimum atomic E-state index is 0.388. The Labute approximate surface area is 128 Å². The van der Waals surface area contributed by atoms with Crippen molar-refractivity contribution in [2.24, 2.45) is 22.7 Å². The second-order valence-electron chi connectivity index (χ2n) is 7.65. The predicted octanol–water partition coefficient (Wildman–Crippen LogP) is 4.45. The van der Waals surface area contributed by atoms with Gasteiger partial charge in [0.15, 0.2) is 5.17 Å². The number of thioether (sulfide) groups is 1. The lowest BCUT2D eigenvalue weighted by atomic mass is 9.78.